The van der Waals surface area contributed by atoms with Crippen molar-refractivity contribution in [2.45, 2.75) is 25.7 Å². The topological polar surface area (TPSA) is 111 Å². The lowest BCUT2D eigenvalue weighted by atomic mass is 10.1. The van der Waals surface area contributed by atoms with E-state index in [9.17, 15) is 18.0 Å². The molecule has 3 rings (SSSR count). The fourth-order valence-corrected chi connectivity index (χ4v) is 5.19. The molecule has 0 aliphatic rings. The number of anilines is 2. The van der Waals surface area contributed by atoms with Crippen molar-refractivity contribution in [2.75, 3.05) is 23.8 Å². The normalized spacial score (nSPS) is 11.0. The Morgan fingerprint density at radius 1 is 1.03 bits per heavy atom. The number of ether oxygens (including phenoxy) is 2. The third-order valence-corrected chi connectivity index (χ3v) is 7.38. The molecule has 0 atom stereocenters. The SMILES string of the molecule is CCOC(=O)c1c(NC(=O)c2ccccc2NS(=O)(=O)c2ccc(OC)cc2)sc(C)c1C. The molecule has 0 aliphatic carbocycles. The van der Waals surface area contributed by atoms with Crippen molar-refractivity contribution in [3.05, 3.63) is 70.1 Å². The summed E-state index contributed by atoms with van der Waals surface area (Å²) in [4.78, 5) is 26.4. The molecule has 1 amide bonds. The smallest absolute Gasteiger partial charge is 0.341 e. The minimum Gasteiger partial charge on any atom is -0.497 e. The van der Waals surface area contributed by atoms with Gasteiger partial charge in [0.2, 0.25) is 0 Å². The van der Waals surface area contributed by atoms with Crippen LogP contribution in [-0.2, 0) is 14.8 Å². The van der Waals surface area contributed by atoms with E-state index in [4.69, 9.17) is 9.47 Å². The molecule has 0 unspecified atom stereocenters. The summed E-state index contributed by atoms with van der Waals surface area (Å²) >= 11 is 1.25. The second kappa shape index (κ2) is 10.1. The third-order valence-electron chi connectivity index (χ3n) is 4.88. The van der Waals surface area contributed by atoms with Crippen LogP contribution in [-0.4, -0.2) is 34.0 Å². The fraction of sp³-hybridized carbons (Fsp3) is 0.217. The molecule has 1 aromatic heterocycles. The molecule has 0 radical (unpaired) electrons. The number of benzene rings is 2. The Bertz CT molecular complexity index is 1280. The van der Waals surface area contributed by atoms with Gasteiger partial charge in [0.25, 0.3) is 15.9 Å². The Kier molecular flexibility index (Phi) is 7.39. The Morgan fingerprint density at radius 2 is 1.70 bits per heavy atom. The number of nitrogens with one attached hydrogen (secondary N) is 2. The van der Waals surface area contributed by atoms with Crippen molar-refractivity contribution in [3.8, 4) is 5.75 Å². The van der Waals surface area contributed by atoms with Gasteiger partial charge in [-0.25, -0.2) is 13.2 Å². The van der Waals surface area contributed by atoms with E-state index in [0.717, 1.165) is 10.4 Å². The molecule has 33 heavy (non-hydrogen) atoms. The number of rotatable bonds is 8. The monoisotopic (exact) mass is 488 g/mol. The number of carbonyl (C=O) groups is 2. The average Bonchev–Trinajstić information content (AvgIpc) is 3.06. The predicted molar refractivity (Wildman–Crippen MR) is 128 cm³/mol. The predicted octanol–water partition coefficient (Wildman–Crippen LogP) is 4.60. The number of hydrogen-bond donors (Lipinski definition) is 2. The second-order valence-corrected chi connectivity index (χ2v) is 9.90. The lowest BCUT2D eigenvalue weighted by Gasteiger charge is -2.13. The first-order chi connectivity index (χ1) is 15.7. The Morgan fingerprint density at radius 3 is 2.33 bits per heavy atom. The van der Waals surface area contributed by atoms with E-state index >= 15 is 0 Å². The number of sulfonamides is 1. The standard InChI is InChI=1S/C23H24N2O6S2/c1-5-31-23(27)20-14(2)15(3)32-22(20)24-21(26)18-8-6-7-9-19(18)25-33(28,29)17-12-10-16(30-4)11-13-17/h6-13,25H,5H2,1-4H3,(H,24,26). The van der Waals surface area contributed by atoms with E-state index in [0.29, 0.717) is 16.3 Å². The highest BCUT2D eigenvalue weighted by Crippen LogP contribution is 2.34. The van der Waals surface area contributed by atoms with Crippen LogP contribution in [0.2, 0.25) is 0 Å². The first-order valence-corrected chi connectivity index (χ1v) is 12.3. The number of amides is 1. The van der Waals surface area contributed by atoms with Crippen molar-refractivity contribution in [1.29, 1.82) is 0 Å². The summed E-state index contributed by atoms with van der Waals surface area (Å²) in [6.45, 7) is 5.53. The zero-order valence-corrected chi connectivity index (χ0v) is 20.2. The molecule has 0 spiro atoms. The summed E-state index contributed by atoms with van der Waals surface area (Å²) in [5.74, 6) is -0.564. The van der Waals surface area contributed by atoms with Crippen molar-refractivity contribution in [1.82, 2.24) is 0 Å². The zero-order valence-electron chi connectivity index (χ0n) is 18.6. The van der Waals surface area contributed by atoms with Gasteiger partial charge >= 0.3 is 5.97 Å². The van der Waals surface area contributed by atoms with Gasteiger partial charge in [-0.1, -0.05) is 12.1 Å². The molecular weight excluding hydrogens is 464 g/mol. The molecule has 2 aromatic carbocycles. The minimum atomic E-state index is -3.96. The van der Waals surface area contributed by atoms with E-state index in [1.807, 2.05) is 6.92 Å². The van der Waals surface area contributed by atoms with Crippen LogP contribution >= 0.6 is 11.3 Å². The van der Waals surface area contributed by atoms with Crippen LogP contribution in [0.15, 0.2) is 53.4 Å². The van der Waals surface area contributed by atoms with E-state index in [1.54, 1.807) is 26.0 Å². The van der Waals surface area contributed by atoms with Crippen LogP contribution in [0.1, 0.15) is 38.1 Å². The summed E-state index contributed by atoms with van der Waals surface area (Å²) in [5.41, 5.74) is 1.23. The van der Waals surface area contributed by atoms with E-state index < -0.39 is 21.9 Å². The number of carbonyl (C=O) groups excluding carboxylic acids is 2. The molecule has 0 bridgehead atoms. The Balaban J connectivity index is 1.90. The Hall–Kier alpha value is -3.37. The van der Waals surface area contributed by atoms with E-state index in [1.165, 1.54) is 54.8 Å². The van der Waals surface area contributed by atoms with Crippen LogP contribution in [0.4, 0.5) is 10.7 Å². The summed E-state index contributed by atoms with van der Waals surface area (Å²) in [5, 5.41) is 3.08. The molecule has 0 fully saturated rings. The fourth-order valence-electron chi connectivity index (χ4n) is 3.06. The Labute approximate surface area is 196 Å². The van der Waals surface area contributed by atoms with E-state index in [2.05, 4.69) is 10.0 Å². The maximum absolute atomic E-state index is 13.1. The molecule has 1 heterocycles. The molecule has 10 heteroatoms. The summed E-state index contributed by atoms with van der Waals surface area (Å²) in [6, 6.07) is 12.1. The average molecular weight is 489 g/mol. The van der Waals surface area contributed by atoms with Gasteiger partial charge in [-0.3, -0.25) is 9.52 Å². The zero-order chi connectivity index (χ0) is 24.2. The molecule has 2 N–H and O–H groups in total. The van der Waals surface area contributed by atoms with Crippen LogP contribution in [0.3, 0.4) is 0 Å². The summed E-state index contributed by atoms with van der Waals surface area (Å²) < 4.78 is 38.4. The molecular formula is C23H24N2O6S2. The minimum absolute atomic E-state index is 0.0209. The van der Waals surface area contributed by atoms with Crippen molar-refractivity contribution in [2.24, 2.45) is 0 Å². The molecule has 174 valence electrons. The van der Waals surface area contributed by atoms with Gasteiger partial charge in [-0.2, -0.15) is 0 Å². The summed E-state index contributed by atoms with van der Waals surface area (Å²) in [6.07, 6.45) is 0. The number of methoxy groups -OCH3 is 1. The molecule has 0 saturated heterocycles. The van der Waals surface area contributed by atoms with Crippen LogP contribution in [0.5, 0.6) is 5.75 Å². The highest BCUT2D eigenvalue weighted by Gasteiger charge is 2.24. The molecule has 3 aromatic rings. The van der Waals surface area contributed by atoms with Crippen molar-refractivity contribution < 1.29 is 27.5 Å². The van der Waals surface area contributed by atoms with E-state index in [-0.39, 0.29) is 22.8 Å². The summed E-state index contributed by atoms with van der Waals surface area (Å²) in [7, 11) is -2.47. The van der Waals surface area contributed by atoms with Gasteiger partial charge in [-0.15, -0.1) is 11.3 Å². The van der Waals surface area contributed by atoms with Gasteiger partial charge < -0.3 is 14.8 Å². The van der Waals surface area contributed by atoms with Crippen molar-refractivity contribution >= 4 is 43.9 Å². The number of thiophene rings is 1. The van der Waals surface area contributed by atoms with Gasteiger partial charge in [0, 0.05) is 4.88 Å². The molecule has 8 nitrogen and oxygen atoms in total. The second-order valence-electron chi connectivity index (χ2n) is 6.99. The van der Waals surface area contributed by atoms with Crippen LogP contribution < -0.4 is 14.8 Å². The molecule has 0 saturated carbocycles. The number of esters is 1. The first kappa shape index (κ1) is 24.3. The van der Waals surface area contributed by atoms with Gasteiger partial charge in [0.05, 0.1) is 35.4 Å². The van der Waals surface area contributed by atoms with Gasteiger partial charge in [0.1, 0.15) is 10.8 Å². The quantitative estimate of drug-likeness (QED) is 0.448. The van der Waals surface area contributed by atoms with Gasteiger partial charge in [0.15, 0.2) is 0 Å². The highest BCUT2D eigenvalue weighted by atomic mass is 32.2. The molecule has 0 aliphatic heterocycles. The highest BCUT2D eigenvalue weighted by molar-refractivity contribution is 7.92. The van der Waals surface area contributed by atoms with Crippen LogP contribution in [0.25, 0.3) is 0 Å². The van der Waals surface area contributed by atoms with Crippen LogP contribution in [0, 0.1) is 13.8 Å². The first-order valence-electron chi connectivity index (χ1n) is 10.0. The lowest BCUT2D eigenvalue weighted by Crippen LogP contribution is -2.19. The third kappa shape index (κ3) is 5.35. The van der Waals surface area contributed by atoms with Crippen molar-refractivity contribution in [3.63, 3.8) is 0 Å². The van der Waals surface area contributed by atoms with Gasteiger partial charge in [-0.05, 0) is 62.7 Å². The lowest BCUT2D eigenvalue weighted by molar-refractivity contribution is 0.0527. The maximum Gasteiger partial charge on any atom is 0.341 e. The number of hydrogen-bond acceptors (Lipinski definition) is 7. The number of aryl methyl sites for hydroxylation is 1. The largest absolute Gasteiger partial charge is 0.497 e. The maximum atomic E-state index is 13.1. The number of para-hydroxylation sites is 1.